The lowest BCUT2D eigenvalue weighted by Gasteiger charge is -2.29. The van der Waals surface area contributed by atoms with Crippen molar-refractivity contribution in [3.8, 4) is 0 Å². The van der Waals surface area contributed by atoms with Crippen molar-refractivity contribution < 1.29 is 28.3 Å². The highest BCUT2D eigenvalue weighted by atomic mass is 16.5. The monoisotopic (exact) mass is 395 g/mol. The first-order valence-corrected chi connectivity index (χ1v) is 10.4. The molecule has 0 fully saturated rings. The molecule has 0 bridgehead atoms. The van der Waals surface area contributed by atoms with Crippen molar-refractivity contribution in [1.29, 1.82) is 0 Å². The van der Waals surface area contributed by atoms with Crippen molar-refractivity contribution in [2.45, 2.75) is 77.7 Å². The number of aryl methyl sites for hydroxylation is 3. The summed E-state index contributed by atoms with van der Waals surface area (Å²) in [5.41, 5.74) is 1.17. The van der Waals surface area contributed by atoms with Crippen LogP contribution < -0.4 is 5.11 Å². The second-order valence-corrected chi connectivity index (χ2v) is 8.64. The van der Waals surface area contributed by atoms with Crippen LogP contribution in [0.15, 0.2) is 10.5 Å². The molecule has 28 heavy (non-hydrogen) atoms. The number of nitrogens with zero attached hydrogens (tertiary/aromatic N) is 1. The third kappa shape index (κ3) is 10.5. The highest BCUT2D eigenvalue weighted by Crippen LogP contribution is 2.19. The summed E-state index contributed by atoms with van der Waals surface area (Å²) < 4.78 is 11.8. The first kappa shape index (κ1) is 24.2. The van der Waals surface area contributed by atoms with Crippen LogP contribution in [-0.2, 0) is 27.2 Å². The summed E-state index contributed by atoms with van der Waals surface area (Å²) in [5, 5.41) is 10.9. The first-order valence-electron chi connectivity index (χ1n) is 10.4. The summed E-state index contributed by atoms with van der Waals surface area (Å²) in [7, 11) is 5.79. The van der Waals surface area contributed by atoms with E-state index in [-0.39, 0.29) is 18.8 Å². The second kappa shape index (κ2) is 11.9. The smallest absolute Gasteiger partial charge is 0.306 e. The molecule has 6 heteroatoms. The van der Waals surface area contributed by atoms with E-state index in [2.05, 4.69) is 19.9 Å². The minimum atomic E-state index is -1.20. The lowest BCUT2D eigenvalue weighted by atomic mass is 10.1. The van der Waals surface area contributed by atoms with Crippen LogP contribution in [0.3, 0.4) is 0 Å². The van der Waals surface area contributed by atoms with E-state index in [9.17, 15) is 14.7 Å². The predicted octanol–water partition coefficient (Wildman–Crippen LogP) is 2.79. The van der Waals surface area contributed by atoms with Crippen molar-refractivity contribution in [3.05, 3.63) is 23.2 Å². The number of carbonyl (C=O) groups excluding carboxylic acids is 2. The topological polar surface area (TPSA) is 79.6 Å². The number of carboxylic acids is 1. The van der Waals surface area contributed by atoms with E-state index < -0.39 is 12.1 Å². The molecule has 0 aliphatic rings. The fourth-order valence-electron chi connectivity index (χ4n) is 3.25. The number of unbranched alkanes of at least 4 members (excludes halogenated alkanes) is 3. The Morgan fingerprint density at radius 1 is 1.14 bits per heavy atom. The Labute approximate surface area is 169 Å². The van der Waals surface area contributed by atoms with Crippen molar-refractivity contribution in [3.63, 3.8) is 0 Å². The van der Waals surface area contributed by atoms with Crippen LogP contribution in [0.1, 0.15) is 69.0 Å². The molecule has 0 N–H and O–H groups in total. The summed E-state index contributed by atoms with van der Waals surface area (Å²) in [6.45, 7) is 4.69. The largest absolute Gasteiger partial charge is 0.550 e. The number of carboxylic acid groups (broad SMARTS) is 1. The molecule has 0 spiro atoms. The summed E-state index contributed by atoms with van der Waals surface area (Å²) in [5.74, 6) is 0.496. The molecule has 6 nitrogen and oxygen atoms in total. The average molecular weight is 396 g/mol. The molecule has 1 aromatic rings. The van der Waals surface area contributed by atoms with Gasteiger partial charge in [-0.25, -0.2) is 0 Å². The predicted molar refractivity (Wildman–Crippen MR) is 107 cm³/mol. The Morgan fingerprint density at radius 3 is 2.43 bits per heavy atom. The van der Waals surface area contributed by atoms with Gasteiger partial charge < -0.3 is 23.5 Å². The van der Waals surface area contributed by atoms with Crippen molar-refractivity contribution in [2.24, 2.45) is 0 Å². The molecule has 1 rings (SSSR count). The zero-order chi connectivity index (χ0) is 21.2. The Kier molecular flexibility index (Phi) is 10.3. The third-order valence-corrected chi connectivity index (χ3v) is 4.58. The van der Waals surface area contributed by atoms with E-state index in [4.69, 9.17) is 9.15 Å². The molecule has 1 heterocycles. The van der Waals surface area contributed by atoms with Crippen molar-refractivity contribution in [2.75, 3.05) is 27.7 Å². The van der Waals surface area contributed by atoms with Gasteiger partial charge in [0, 0.05) is 31.7 Å². The number of quaternary nitrogens is 1. The van der Waals surface area contributed by atoms with Crippen LogP contribution in [0.5, 0.6) is 0 Å². The summed E-state index contributed by atoms with van der Waals surface area (Å²) in [6.07, 6.45) is 6.21. The number of furan rings is 1. The number of hydrogen-bond donors (Lipinski definition) is 0. The first-order chi connectivity index (χ1) is 13.1. The number of esters is 1. The van der Waals surface area contributed by atoms with Crippen LogP contribution >= 0.6 is 0 Å². The van der Waals surface area contributed by atoms with E-state index in [1.807, 2.05) is 21.1 Å². The Morgan fingerprint density at radius 2 is 1.82 bits per heavy atom. The van der Waals surface area contributed by atoms with E-state index in [1.54, 1.807) is 0 Å². The molecule has 0 saturated carbocycles. The molecule has 1 atom stereocenters. The fourth-order valence-corrected chi connectivity index (χ4v) is 3.25. The summed E-state index contributed by atoms with van der Waals surface area (Å²) >= 11 is 0. The molecule has 0 saturated heterocycles. The van der Waals surface area contributed by atoms with Gasteiger partial charge in [-0.3, -0.25) is 4.79 Å². The highest BCUT2D eigenvalue weighted by Gasteiger charge is 2.22. The van der Waals surface area contributed by atoms with Crippen LogP contribution in [0.4, 0.5) is 0 Å². The van der Waals surface area contributed by atoms with Crippen molar-refractivity contribution >= 4 is 11.9 Å². The molecule has 0 aliphatic carbocycles. The van der Waals surface area contributed by atoms with Gasteiger partial charge in [-0.1, -0.05) is 19.8 Å². The Hall–Kier alpha value is -1.82. The maximum atomic E-state index is 12.1. The molecule has 0 aliphatic heterocycles. The number of rotatable bonds is 14. The van der Waals surface area contributed by atoms with Gasteiger partial charge in [-0.05, 0) is 37.8 Å². The van der Waals surface area contributed by atoms with E-state index in [0.717, 1.165) is 37.2 Å². The number of likely N-dealkylation sites (N-methyl/N-ethyl adjacent to an activating group) is 1. The normalized spacial score (nSPS) is 12.8. The van der Waals surface area contributed by atoms with Gasteiger partial charge in [0.25, 0.3) is 0 Å². The van der Waals surface area contributed by atoms with Gasteiger partial charge in [-0.2, -0.15) is 0 Å². The number of aliphatic carboxylic acids is 1. The number of hydrogen-bond acceptors (Lipinski definition) is 5. The van der Waals surface area contributed by atoms with Crippen LogP contribution in [0.2, 0.25) is 0 Å². The lowest BCUT2D eigenvalue weighted by molar-refractivity contribution is -0.873. The highest BCUT2D eigenvalue weighted by molar-refractivity contribution is 5.70. The maximum Gasteiger partial charge on any atom is 0.306 e. The lowest BCUT2D eigenvalue weighted by Crippen LogP contribution is -2.45. The maximum absolute atomic E-state index is 12.1. The van der Waals surface area contributed by atoms with Gasteiger partial charge in [0.15, 0.2) is 6.10 Å². The standard InChI is InChI=1S/C22H37NO5/c1-6-7-8-11-18-14-17(2)20(27-18)12-9-10-13-22(26)28-19(15-21(24)25)16-23(3,4)5/h14,19H,6-13,15-16H2,1-5H3. The molecule has 1 aromatic heterocycles. The van der Waals surface area contributed by atoms with Gasteiger partial charge in [-0.15, -0.1) is 0 Å². The van der Waals surface area contributed by atoms with E-state index >= 15 is 0 Å². The zero-order valence-corrected chi connectivity index (χ0v) is 18.2. The Bertz CT molecular complexity index is 615. The minimum absolute atomic E-state index is 0.270. The van der Waals surface area contributed by atoms with Crippen LogP contribution in [-0.4, -0.2) is 50.2 Å². The SMILES string of the molecule is CCCCCc1cc(C)c(CCCCC(=O)OC(CC(=O)[O-])C[N+](C)(C)C)o1. The molecule has 160 valence electrons. The molecule has 1 unspecified atom stereocenters. The Balaban J connectivity index is 2.38. The minimum Gasteiger partial charge on any atom is -0.550 e. The third-order valence-electron chi connectivity index (χ3n) is 4.58. The summed E-state index contributed by atoms with van der Waals surface area (Å²) in [4.78, 5) is 23.0. The number of ether oxygens (including phenoxy) is 1. The zero-order valence-electron chi connectivity index (χ0n) is 18.2. The average Bonchev–Trinajstić information content (AvgIpc) is 2.89. The van der Waals surface area contributed by atoms with Gasteiger partial charge in [0.1, 0.15) is 18.1 Å². The quantitative estimate of drug-likeness (QED) is 0.275. The molecule has 0 radical (unpaired) electrons. The summed E-state index contributed by atoms with van der Waals surface area (Å²) in [6, 6.07) is 2.12. The van der Waals surface area contributed by atoms with Gasteiger partial charge in [0.05, 0.1) is 21.1 Å². The molecular weight excluding hydrogens is 358 g/mol. The molecule has 0 amide bonds. The molecule has 0 aromatic carbocycles. The van der Waals surface area contributed by atoms with Gasteiger partial charge in [0.2, 0.25) is 0 Å². The van der Waals surface area contributed by atoms with Gasteiger partial charge >= 0.3 is 5.97 Å². The van der Waals surface area contributed by atoms with Crippen LogP contribution in [0, 0.1) is 6.92 Å². The van der Waals surface area contributed by atoms with Crippen LogP contribution in [0.25, 0.3) is 0 Å². The second-order valence-electron chi connectivity index (χ2n) is 8.64. The fraction of sp³-hybridized carbons (Fsp3) is 0.727. The van der Waals surface area contributed by atoms with E-state index in [1.165, 1.54) is 18.4 Å². The van der Waals surface area contributed by atoms with E-state index in [0.29, 0.717) is 17.4 Å². The van der Waals surface area contributed by atoms with Crippen molar-refractivity contribution in [1.82, 2.24) is 0 Å². The number of carbonyl (C=O) groups is 2. The molecular formula is C22H37NO5.